The molecule has 7 heteroatoms. The molecule has 1 aromatic carbocycles. The van der Waals surface area contributed by atoms with Crippen molar-refractivity contribution in [2.45, 2.75) is 32.4 Å². The molecule has 1 atom stereocenters. The average molecular weight is 356 g/mol. The molecule has 0 bridgehead atoms. The van der Waals surface area contributed by atoms with E-state index in [1.807, 2.05) is 41.8 Å². The Hall–Kier alpha value is -2.83. The Bertz CT molecular complexity index is 873. The molecule has 3 rings (SSSR count). The number of nitrogens with zero attached hydrogens (tertiary/aromatic N) is 2. The van der Waals surface area contributed by atoms with Gasteiger partial charge < -0.3 is 20.1 Å². The molecule has 1 aliphatic heterocycles. The van der Waals surface area contributed by atoms with Gasteiger partial charge in [-0.15, -0.1) is 0 Å². The van der Waals surface area contributed by atoms with Gasteiger partial charge in [0.2, 0.25) is 11.8 Å². The van der Waals surface area contributed by atoms with E-state index in [2.05, 4.69) is 10.6 Å². The van der Waals surface area contributed by atoms with Gasteiger partial charge in [0.1, 0.15) is 11.2 Å². The summed E-state index contributed by atoms with van der Waals surface area (Å²) < 4.78 is 1.88. The van der Waals surface area contributed by atoms with Gasteiger partial charge in [-0.05, 0) is 25.5 Å². The van der Waals surface area contributed by atoms with Crippen molar-refractivity contribution in [2.75, 3.05) is 20.1 Å². The number of rotatable bonds is 5. The van der Waals surface area contributed by atoms with Crippen LogP contribution in [0.1, 0.15) is 30.8 Å². The molecule has 0 saturated heterocycles. The van der Waals surface area contributed by atoms with E-state index < -0.39 is 5.54 Å². The summed E-state index contributed by atoms with van der Waals surface area (Å²) in [4.78, 5) is 38.9. The molecular weight excluding hydrogens is 332 g/mol. The molecular formula is C19H24N4O3. The topological polar surface area (TPSA) is 83.4 Å². The third-order valence-corrected chi connectivity index (χ3v) is 5.01. The molecule has 2 heterocycles. The highest BCUT2D eigenvalue weighted by atomic mass is 16.2. The average Bonchev–Trinajstić information content (AvgIpc) is 3.01. The van der Waals surface area contributed by atoms with Crippen LogP contribution in [0, 0.1) is 0 Å². The fourth-order valence-corrected chi connectivity index (χ4v) is 3.27. The van der Waals surface area contributed by atoms with E-state index in [1.165, 1.54) is 4.90 Å². The second-order valence-electron chi connectivity index (χ2n) is 6.85. The van der Waals surface area contributed by atoms with Crippen molar-refractivity contribution < 1.29 is 14.4 Å². The normalized spacial score (nSPS) is 19.3. The number of aromatic nitrogens is 1. The Labute approximate surface area is 152 Å². The summed E-state index contributed by atoms with van der Waals surface area (Å²) in [6, 6.07) is 9.57. The smallest absolute Gasteiger partial charge is 0.271 e. The predicted octanol–water partition coefficient (Wildman–Crippen LogP) is 1.13. The highest BCUT2D eigenvalue weighted by molar-refractivity contribution is 6.03. The van der Waals surface area contributed by atoms with Gasteiger partial charge in [0.25, 0.3) is 5.91 Å². The van der Waals surface area contributed by atoms with E-state index in [0.717, 1.165) is 17.3 Å². The summed E-state index contributed by atoms with van der Waals surface area (Å²) >= 11 is 0. The van der Waals surface area contributed by atoms with Gasteiger partial charge >= 0.3 is 0 Å². The van der Waals surface area contributed by atoms with Crippen LogP contribution in [0.15, 0.2) is 30.3 Å². The van der Waals surface area contributed by atoms with Crippen LogP contribution in [0.4, 0.5) is 0 Å². The number of carbonyl (C=O) groups is 3. The Morgan fingerprint density at radius 3 is 2.69 bits per heavy atom. The van der Waals surface area contributed by atoms with E-state index >= 15 is 0 Å². The monoisotopic (exact) mass is 356 g/mol. The Kier molecular flexibility index (Phi) is 4.71. The highest BCUT2D eigenvalue weighted by Crippen LogP contribution is 2.31. The molecule has 138 valence electrons. The van der Waals surface area contributed by atoms with Crippen LogP contribution < -0.4 is 10.6 Å². The van der Waals surface area contributed by atoms with Crippen LogP contribution in [0.2, 0.25) is 0 Å². The third kappa shape index (κ3) is 2.94. The zero-order chi connectivity index (χ0) is 18.9. The molecule has 1 aliphatic rings. The van der Waals surface area contributed by atoms with E-state index in [1.54, 1.807) is 14.0 Å². The number of hydrogen-bond acceptors (Lipinski definition) is 3. The zero-order valence-electron chi connectivity index (χ0n) is 15.3. The maximum absolute atomic E-state index is 12.8. The largest absolute Gasteiger partial charge is 0.355 e. The summed E-state index contributed by atoms with van der Waals surface area (Å²) in [5.41, 5.74) is 0.417. The van der Waals surface area contributed by atoms with Crippen molar-refractivity contribution in [1.29, 1.82) is 0 Å². The van der Waals surface area contributed by atoms with Gasteiger partial charge in [0, 0.05) is 24.5 Å². The zero-order valence-corrected chi connectivity index (χ0v) is 15.3. The second-order valence-corrected chi connectivity index (χ2v) is 6.85. The van der Waals surface area contributed by atoms with Crippen molar-refractivity contribution in [1.82, 2.24) is 20.1 Å². The molecule has 0 fully saturated rings. The number of amides is 3. The van der Waals surface area contributed by atoms with Crippen LogP contribution in [0.25, 0.3) is 10.9 Å². The number of para-hydroxylation sites is 1. The maximum Gasteiger partial charge on any atom is 0.271 e. The Morgan fingerprint density at radius 2 is 1.96 bits per heavy atom. The molecule has 1 aromatic heterocycles. The molecule has 0 saturated carbocycles. The molecule has 7 nitrogen and oxygen atoms in total. The molecule has 2 aromatic rings. The number of benzene rings is 1. The number of carbonyl (C=O) groups excluding carboxylic acids is 3. The number of fused-ring (bicyclic) bond motifs is 3. The van der Waals surface area contributed by atoms with Crippen molar-refractivity contribution in [3.8, 4) is 0 Å². The van der Waals surface area contributed by atoms with Gasteiger partial charge in [-0.3, -0.25) is 14.4 Å². The fourth-order valence-electron chi connectivity index (χ4n) is 3.27. The molecule has 26 heavy (non-hydrogen) atoms. The van der Waals surface area contributed by atoms with E-state index in [0.29, 0.717) is 18.8 Å². The lowest BCUT2D eigenvalue weighted by atomic mass is 9.95. The SMILES string of the molecule is CCCNC(=O)CNC(=O)C1(C)Cn2c(cc3ccccc32)C(=O)N1C. The fraction of sp³-hybridized carbons (Fsp3) is 0.421. The third-order valence-electron chi connectivity index (χ3n) is 5.01. The first-order chi connectivity index (χ1) is 12.4. The van der Waals surface area contributed by atoms with Crippen LogP contribution in [0.5, 0.6) is 0 Å². The highest BCUT2D eigenvalue weighted by Gasteiger charge is 2.45. The first-order valence-corrected chi connectivity index (χ1v) is 8.80. The number of likely N-dealkylation sites (N-methyl/N-ethyl adjacent to an activating group) is 1. The van der Waals surface area contributed by atoms with E-state index in [9.17, 15) is 14.4 Å². The minimum absolute atomic E-state index is 0.101. The standard InChI is InChI=1S/C19H24N4O3/c1-4-9-20-16(24)11-21-18(26)19(2)12-23-14-8-6-5-7-13(14)10-15(23)17(25)22(19)3/h5-8,10H,4,9,11-12H2,1-3H3,(H,20,24)(H,21,26). The summed E-state index contributed by atoms with van der Waals surface area (Å²) in [6.07, 6.45) is 0.831. The van der Waals surface area contributed by atoms with Crippen molar-refractivity contribution in [3.63, 3.8) is 0 Å². The van der Waals surface area contributed by atoms with Gasteiger partial charge in [0.15, 0.2) is 0 Å². The molecule has 0 spiro atoms. The van der Waals surface area contributed by atoms with Crippen molar-refractivity contribution >= 4 is 28.6 Å². The van der Waals surface area contributed by atoms with Gasteiger partial charge in [-0.2, -0.15) is 0 Å². The van der Waals surface area contributed by atoms with Crippen LogP contribution in [0.3, 0.4) is 0 Å². The summed E-state index contributed by atoms with van der Waals surface area (Å²) in [5, 5.41) is 6.35. The molecule has 0 aliphatic carbocycles. The van der Waals surface area contributed by atoms with Crippen molar-refractivity contribution in [2.24, 2.45) is 0 Å². The minimum Gasteiger partial charge on any atom is -0.355 e. The van der Waals surface area contributed by atoms with Gasteiger partial charge in [-0.25, -0.2) is 0 Å². The number of hydrogen-bond donors (Lipinski definition) is 2. The summed E-state index contributed by atoms with van der Waals surface area (Å²) in [5.74, 6) is -0.787. The lowest BCUT2D eigenvalue weighted by Crippen LogP contribution is -2.63. The van der Waals surface area contributed by atoms with E-state index in [-0.39, 0.29) is 24.3 Å². The lowest BCUT2D eigenvalue weighted by molar-refractivity contribution is -0.134. The maximum atomic E-state index is 12.8. The Morgan fingerprint density at radius 1 is 1.23 bits per heavy atom. The summed E-state index contributed by atoms with van der Waals surface area (Å²) in [6.45, 7) is 4.49. The molecule has 0 radical (unpaired) electrons. The van der Waals surface area contributed by atoms with Gasteiger partial charge in [0.05, 0.1) is 13.1 Å². The second kappa shape index (κ2) is 6.82. The molecule has 2 N–H and O–H groups in total. The van der Waals surface area contributed by atoms with Crippen LogP contribution in [-0.4, -0.2) is 52.9 Å². The van der Waals surface area contributed by atoms with Crippen molar-refractivity contribution in [3.05, 3.63) is 36.0 Å². The van der Waals surface area contributed by atoms with Gasteiger partial charge in [-0.1, -0.05) is 25.1 Å². The van der Waals surface area contributed by atoms with E-state index in [4.69, 9.17) is 0 Å². The Balaban J connectivity index is 1.84. The van der Waals surface area contributed by atoms with Crippen LogP contribution in [-0.2, 0) is 16.1 Å². The lowest BCUT2D eigenvalue weighted by Gasteiger charge is -2.41. The predicted molar refractivity (Wildman–Crippen MR) is 98.7 cm³/mol. The number of nitrogens with one attached hydrogen (secondary N) is 2. The minimum atomic E-state index is -1.07. The summed E-state index contributed by atoms with van der Waals surface area (Å²) in [7, 11) is 1.63. The molecule has 3 amide bonds. The van der Waals surface area contributed by atoms with Crippen LogP contribution >= 0.6 is 0 Å². The quantitative estimate of drug-likeness (QED) is 0.842. The molecule has 1 unspecified atom stereocenters. The first-order valence-electron chi connectivity index (χ1n) is 8.80. The first kappa shape index (κ1) is 18.0.